The van der Waals surface area contributed by atoms with Crippen LogP contribution in [-0.2, 0) is 14.3 Å². The lowest BCUT2D eigenvalue weighted by molar-refractivity contribution is -0.112. The number of allylic oxidation sites excluding steroid dienone is 2. The fourth-order valence-electron chi connectivity index (χ4n) is 1.27. The summed E-state index contributed by atoms with van der Waals surface area (Å²) in [5.74, 6) is 0.327. The maximum absolute atomic E-state index is 10.9. The van der Waals surface area contributed by atoms with Crippen LogP contribution in [0.3, 0.4) is 0 Å². The van der Waals surface area contributed by atoms with Crippen LogP contribution in [0.5, 0.6) is 0 Å². The van der Waals surface area contributed by atoms with Crippen molar-refractivity contribution in [2.24, 2.45) is 5.92 Å². The highest BCUT2D eigenvalue weighted by Gasteiger charge is 2.23. The van der Waals surface area contributed by atoms with Crippen molar-refractivity contribution < 1.29 is 14.3 Å². The molecule has 0 aliphatic carbocycles. The van der Waals surface area contributed by atoms with Gasteiger partial charge in [0.2, 0.25) is 0 Å². The predicted octanol–water partition coefficient (Wildman–Crippen LogP) is 2.93. The molecule has 0 N–H and O–H groups in total. The Labute approximate surface area is 106 Å². The van der Waals surface area contributed by atoms with Crippen LogP contribution >= 0.6 is 15.9 Å². The number of rotatable bonds is 8. The summed E-state index contributed by atoms with van der Waals surface area (Å²) >= 11 is 3.61. The minimum absolute atomic E-state index is 0.0462. The molecule has 0 bridgehead atoms. The van der Waals surface area contributed by atoms with Gasteiger partial charge in [0, 0.05) is 11.4 Å². The molecule has 16 heavy (non-hydrogen) atoms. The Bertz CT molecular complexity index is 231. The van der Waals surface area contributed by atoms with E-state index in [2.05, 4.69) is 29.8 Å². The molecular weight excluding hydrogens is 272 g/mol. The van der Waals surface area contributed by atoms with E-state index in [0.29, 0.717) is 13.4 Å². The number of alkyl halides is 1. The van der Waals surface area contributed by atoms with E-state index >= 15 is 0 Å². The summed E-state index contributed by atoms with van der Waals surface area (Å²) in [6.07, 6.45) is 4.41. The first-order valence-electron chi connectivity index (χ1n) is 5.32. The molecule has 94 valence electrons. The molecule has 0 spiro atoms. The summed E-state index contributed by atoms with van der Waals surface area (Å²) in [4.78, 5) is 10.9. The summed E-state index contributed by atoms with van der Waals surface area (Å²) in [5, 5.41) is 0. The SMILES string of the molecule is COCOCC[C@H](/C=C/C(C)=O)C(C)(C)Br. The summed E-state index contributed by atoms with van der Waals surface area (Å²) in [6, 6.07) is 0. The Morgan fingerprint density at radius 3 is 2.56 bits per heavy atom. The number of ether oxygens (including phenoxy) is 2. The summed E-state index contributed by atoms with van der Waals surface area (Å²) in [5.41, 5.74) is 0. The van der Waals surface area contributed by atoms with Crippen molar-refractivity contribution in [1.82, 2.24) is 0 Å². The standard InChI is InChI=1S/C12H21BrO3/c1-10(14)5-6-11(12(2,3)13)7-8-16-9-15-4/h5-6,11H,7-9H2,1-4H3/b6-5+/t11-/m0/s1. The van der Waals surface area contributed by atoms with Gasteiger partial charge >= 0.3 is 0 Å². The van der Waals surface area contributed by atoms with Crippen molar-refractivity contribution in [3.8, 4) is 0 Å². The van der Waals surface area contributed by atoms with Crippen LogP contribution in [-0.4, -0.2) is 30.6 Å². The molecular formula is C12H21BrO3. The van der Waals surface area contributed by atoms with E-state index in [-0.39, 0.29) is 16.0 Å². The van der Waals surface area contributed by atoms with E-state index in [1.54, 1.807) is 20.1 Å². The maximum Gasteiger partial charge on any atom is 0.152 e. The highest BCUT2D eigenvalue weighted by Crippen LogP contribution is 2.30. The summed E-state index contributed by atoms with van der Waals surface area (Å²) < 4.78 is 10.0. The second-order valence-electron chi connectivity index (χ2n) is 4.24. The zero-order valence-electron chi connectivity index (χ0n) is 10.5. The molecule has 0 fully saturated rings. The normalized spacial score (nSPS) is 14.3. The molecule has 0 aromatic rings. The molecule has 0 unspecified atom stereocenters. The van der Waals surface area contributed by atoms with E-state index < -0.39 is 0 Å². The number of carbonyl (C=O) groups excluding carboxylic acids is 1. The lowest BCUT2D eigenvalue weighted by atomic mass is 9.92. The third kappa shape index (κ3) is 8.02. The van der Waals surface area contributed by atoms with Gasteiger partial charge in [-0.05, 0) is 39.2 Å². The van der Waals surface area contributed by atoms with Crippen LogP contribution in [0.1, 0.15) is 27.2 Å². The van der Waals surface area contributed by atoms with E-state index in [9.17, 15) is 4.79 Å². The monoisotopic (exact) mass is 292 g/mol. The number of hydrogen-bond acceptors (Lipinski definition) is 3. The Morgan fingerprint density at radius 1 is 1.50 bits per heavy atom. The number of halogens is 1. The second-order valence-corrected chi connectivity index (χ2v) is 6.29. The van der Waals surface area contributed by atoms with Gasteiger partial charge in [-0.2, -0.15) is 0 Å². The Morgan fingerprint density at radius 2 is 2.12 bits per heavy atom. The molecule has 0 saturated carbocycles. The molecule has 1 atom stereocenters. The van der Waals surface area contributed by atoms with Gasteiger partial charge in [-0.15, -0.1) is 0 Å². The van der Waals surface area contributed by atoms with Crippen molar-refractivity contribution in [2.45, 2.75) is 31.5 Å². The molecule has 0 saturated heterocycles. The smallest absolute Gasteiger partial charge is 0.152 e. The molecule has 0 aromatic carbocycles. The van der Waals surface area contributed by atoms with Crippen LogP contribution in [0.15, 0.2) is 12.2 Å². The van der Waals surface area contributed by atoms with Crippen molar-refractivity contribution >= 4 is 21.7 Å². The Hall–Kier alpha value is -0.190. The molecule has 3 nitrogen and oxygen atoms in total. The third-order valence-corrected chi connectivity index (χ3v) is 2.81. The van der Waals surface area contributed by atoms with Gasteiger partial charge in [-0.3, -0.25) is 4.79 Å². The molecule has 0 heterocycles. The number of methoxy groups -OCH3 is 1. The maximum atomic E-state index is 10.9. The zero-order valence-corrected chi connectivity index (χ0v) is 12.0. The van der Waals surface area contributed by atoms with Gasteiger partial charge in [-0.1, -0.05) is 22.0 Å². The molecule has 0 rings (SSSR count). The number of ketones is 1. The first-order valence-corrected chi connectivity index (χ1v) is 6.11. The van der Waals surface area contributed by atoms with Gasteiger partial charge in [0.05, 0.1) is 6.61 Å². The van der Waals surface area contributed by atoms with E-state index in [1.807, 2.05) is 6.08 Å². The third-order valence-electron chi connectivity index (χ3n) is 2.22. The topological polar surface area (TPSA) is 35.5 Å². The van der Waals surface area contributed by atoms with E-state index in [4.69, 9.17) is 9.47 Å². The Kier molecular flexibility index (Phi) is 7.89. The van der Waals surface area contributed by atoms with Crippen LogP contribution in [0.2, 0.25) is 0 Å². The van der Waals surface area contributed by atoms with Gasteiger partial charge in [0.15, 0.2) is 5.78 Å². The van der Waals surface area contributed by atoms with Crippen LogP contribution in [0.4, 0.5) is 0 Å². The largest absolute Gasteiger partial charge is 0.359 e. The lowest BCUT2D eigenvalue weighted by Crippen LogP contribution is -2.24. The minimum Gasteiger partial charge on any atom is -0.359 e. The first-order chi connectivity index (χ1) is 7.38. The molecule has 4 heteroatoms. The average Bonchev–Trinajstić information content (AvgIpc) is 2.14. The van der Waals surface area contributed by atoms with Crippen molar-refractivity contribution in [3.63, 3.8) is 0 Å². The van der Waals surface area contributed by atoms with Gasteiger partial charge in [0.25, 0.3) is 0 Å². The molecule has 0 amide bonds. The fourth-order valence-corrected chi connectivity index (χ4v) is 1.65. The van der Waals surface area contributed by atoms with Crippen molar-refractivity contribution in [1.29, 1.82) is 0 Å². The lowest BCUT2D eigenvalue weighted by Gasteiger charge is -2.26. The van der Waals surface area contributed by atoms with E-state index in [0.717, 1.165) is 6.42 Å². The summed E-state index contributed by atoms with van der Waals surface area (Å²) in [6.45, 7) is 6.65. The van der Waals surface area contributed by atoms with Gasteiger partial charge in [-0.25, -0.2) is 0 Å². The van der Waals surface area contributed by atoms with Crippen molar-refractivity contribution in [3.05, 3.63) is 12.2 Å². The predicted molar refractivity (Wildman–Crippen MR) is 68.8 cm³/mol. The average molecular weight is 293 g/mol. The summed E-state index contributed by atoms with van der Waals surface area (Å²) in [7, 11) is 1.60. The fraction of sp³-hybridized carbons (Fsp3) is 0.750. The van der Waals surface area contributed by atoms with Crippen LogP contribution < -0.4 is 0 Å². The highest BCUT2D eigenvalue weighted by atomic mass is 79.9. The van der Waals surface area contributed by atoms with Gasteiger partial charge < -0.3 is 9.47 Å². The van der Waals surface area contributed by atoms with E-state index in [1.165, 1.54) is 0 Å². The number of carbonyl (C=O) groups is 1. The molecule has 0 radical (unpaired) electrons. The number of hydrogen-bond donors (Lipinski definition) is 0. The van der Waals surface area contributed by atoms with Crippen LogP contribution in [0.25, 0.3) is 0 Å². The van der Waals surface area contributed by atoms with Crippen molar-refractivity contribution in [2.75, 3.05) is 20.5 Å². The minimum atomic E-state index is -0.0462. The Balaban J connectivity index is 4.18. The first kappa shape index (κ1) is 15.8. The molecule has 0 aliphatic heterocycles. The highest BCUT2D eigenvalue weighted by molar-refractivity contribution is 9.10. The second kappa shape index (κ2) is 7.98. The van der Waals surface area contributed by atoms with Crippen LogP contribution in [0, 0.1) is 5.92 Å². The molecule has 0 aromatic heterocycles. The van der Waals surface area contributed by atoms with Gasteiger partial charge in [0.1, 0.15) is 6.79 Å². The quantitative estimate of drug-likeness (QED) is 0.299. The molecule has 0 aliphatic rings. The zero-order chi connectivity index (χ0) is 12.6.